The lowest BCUT2D eigenvalue weighted by Crippen LogP contribution is -2.41. The summed E-state index contributed by atoms with van der Waals surface area (Å²) in [5, 5.41) is 9.40. The van der Waals surface area contributed by atoms with Crippen LogP contribution in [0, 0.1) is 12.8 Å². The van der Waals surface area contributed by atoms with Crippen molar-refractivity contribution in [2.45, 2.75) is 33.1 Å². The van der Waals surface area contributed by atoms with Gasteiger partial charge in [-0.05, 0) is 51.2 Å². The number of carbonyl (C=O) groups excluding carboxylic acids is 1. The number of nitrogens with one attached hydrogen (secondary N) is 3. The molecule has 1 aliphatic rings. The lowest BCUT2D eigenvalue weighted by molar-refractivity contribution is 0.0205. The average Bonchev–Trinajstić information content (AvgIpc) is 2.74. The molecule has 1 amide bonds. The highest BCUT2D eigenvalue weighted by Crippen LogP contribution is 2.14. The minimum absolute atomic E-state index is 0. The van der Waals surface area contributed by atoms with Crippen molar-refractivity contribution in [1.29, 1.82) is 0 Å². The molecule has 0 atom stereocenters. The Morgan fingerprint density at radius 3 is 2.70 bits per heavy atom. The molecule has 170 valence electrons. The van der Waals surface area contributed by atoms with Crippen molar-refractivity contribution in [3.05, 3.63) is 35.4 Å². The Labute approximate surface area is 197 Å². The van der Waals surface area contributed by atoms with Crippen molar-refractivity contribution < 1.29 is 14.3 Å². The Hall–Kier alpha value is -1.39. The monoisotopic (exact) mass is 532 g/mol. The van der Waals surface area contributed by atoms with Crippen LogP contribution < -0.4 is 16.0 Å². The van der Waals surface area contributed by atoms with Crippen LogP contribution in [0.3, 0.4) is 0 Å². The third-order valence-corrected chi connectivity index (χ3v) is 4.74. The zero-order valence-electron chi connectivity index (χ0n) is 18.2. The van der Waals surface area contributed by atoms with Crippen molar-refractivity contribution in [2.75, 3.05) is 52.6 Å². The Balaban J connectivity index is 0.00000450. The van der Waals surface area contributed by atoms with Gasteiger partial charge in [0.25, 0.3) is 5.91 Å². The summed E-state index contributed by atoms with van der Waals surface area (Å²) in [6.45, 7) is 9.94. The number of aryl methyl sites for hydroxylation is 1. The lowest BCUT2D eigenvalue weighted by Gasteiger charge is -2.21. The Kier molecular flexibility index (Phi) is 14.5. The smallest absolute Gasteiger partial charge is 0.251 e. The predicted molar refractivity (Wildman–Crippen MR) is 132 cm³/mol. The number of hydrogen-bond donors (Lipinski definition) is 3. The number of nitrogens with zero attached hydrogens (tertiary/aromatic N) is 1. The number of guanidine groups is 1. The molecule has 30 heavy (non-hydrogen) atoms. The number of rotatable bonds is 11. The quantitative estimate of drug-likeness (QED) is 0.177. The molecule has 1 aromatic rings. The SMILES string of the molecule is CCNC(=NCCCOCC1CCOCC1)NCCNC(=O)c1cccc(C)c1.I. The van der Waals surface area contributed by atoms with Crippen LogP contribution in [0.25, 0.3) is 0 Å². The number of halogens is 1. The van der Waals surface area contributed by atoms with Gasteiger partial charge in [-0.3, -0.25) is 9.79 Å². The minimum Gasteiger partial charge on any atom is -0.381 e. The highest BCUT2D eigenvalue weighted by atomic mass is 127. The van der Waals surface area contributed by atoms with Gasteiger partial charge in [0.1, 0.15) is 0 Å². The number of amides is 1. The van der Waals surface area contributed by atoms with Crippen LogP contribution in [0.2, 0.25) is 0 Å². The van der Waals surface area contributed by atoms with Gasteiger partial charge in [-0.1, -0.05) is 17.7 Å². The molecule has 0 saturated carbocycles. The molecule has 1 aliphatic heterocycles. The number of carbonyl (C=O) groups is 1. The molecule has 0 unspecified atom stereocenters. The zero-order valence-corrected chi connectivity index (χ0v) is 20.6. The largest absolute Gasteiger partial charge is 0.381 e. The van der Waals surface area contributed by atoms with E-state index in [1.807, 2.05) is 38.1 Å². The summed E-state index contributed by atoms with van der Waals surface area (Å²) in [7, 11) is 0. The second-order valence-corrected chi connectivity index (χ2v) is 7.30. The van der Waals surface area contributed by atoms with Crippen LogP contribution in [-0.4, -0.2) is 64.5 Å². The molecule has 7 nitrogen and oxygen atoms in total. The predicted octanol–water partition coefficient (Wildman–Crippen LogP) is 2.73. The molecule has 1 saturated heterocycles. The van der Waals surface area contributed by atoms with E-state index in [1.54, 1.807) is 0 Å². The molecule has 0 bridgehead atoms. The molecule has 1 heterocycles. The van der Waals surface area contributed by atoms with Crippen LogP contribution in [0.5, 0.6) is 0 Å². The summed E-state index contributed by atoms with van der Waals surface area (Å²) < 4.78 is 11.1. The molecule has 0 radical (unpaired) electrons. The van der Waals surface area contributed by atoms with E-state index in [2.05, 4.69) is 20.9 Å². The Morgan fingerprint density at radius 1 is 1.20 bits per heavy atom. The zero-order chi connectivity index (χ0) is 20.7. The third-order valence-electron chi connectivity index (χ3n) is 4.74. The van der Waals surface area contributed by atoms with Crippen molar-refractivity contribution >= 4 is 35.8 Å². The summed E-state index contributed by atoms with van der Waals surface area (Å²) >= 11 is 0. The van der Waals surface area contributed by atoms with E-state index in [0.29, 0.717) is 31.1 Å². The normalized spacial score (nSPS) is 14.7. The molecule has 8 heteroatoms. The van der Waals surface area contributed by atoms with E-state index in [1.165, 1.54) is 0 Å². The summed E-state index contributed by atoms with van der Waals surface area (Å²) in [6, 6.07) is 7.59. The second-order valence-electron chi connectivity index (χ2n) is 7.30. The molecular formula is C22H37IN4O3. The highest BCUT2D eigenvalue weighted by molar-refractivity contribution is 14.0. The summed E-state index contributed by atoms with van der Waals surface area (Å²) in [4.78, 5) is 16.7. The molecule has 0 spiro atoms. The van der Waals surface area contributed by atoms with E-state index in [4.69, 9.17) is 9.47 Å². The average molecular weight is 532 g/mol. The van der Waals surface area contributed by atoms with Crippen molar-refractivity contribution in [2.24, 2.45) is 10.9 Å². The van der Waals surface area contributed by atoms with Gasteiger partial charge in [0.15, 0.2) is 5.96 Å². The summed E-state index contributed by atoms with van der Waals surface area (Å²) in [5.41, 5.74) is 1.76. The number of aliphatic imine (C=N–C) groups is 1. The number of benzene rings is 1. The van der Waals surface area contributed by atoms with Gasteiger partial charge in [-0.2, -0.15) is 0 Å². The van der Waals surface area contributed by atoms with Crippen LogP contribution in [0.4, 0.5) is 0 Å². The van der Waals surface area contributed by atoms with Gasteiger partial charge in [0.05, 0.1) is 0 Å². The first-order chi connectivity index (χ1) is 14.2. The van der Waals surface area contributed by atoms with Gasteiger partial charge >= 0.3 is 0 Å². The first kappa shape index (κ1) is 26.6. The second kappa shape index (κ2) is 16.3. The number of hydrogen-bond acceptors (Lipinski definition) is 4. The van der Waals surface area contributed by atoms with Crippen molar-refractivity contribution in [1.82, 2.24) is 16.0 Å². The van der Waals surface area contributed by atoms with E-state index in [-0.39, 0.29) is 29.9 Å². The summed E-state index contributed by atoms with van der Waals surface area (Å²) in [5.74, 6) is 1.35. The van der Waals surface area contributed by atoms with Crippen molar-refractivity contribution in [3.8, 4) is 0 Å². The molecule has 1 aromatic carbocycles. The van der Waals surface area contributed by atoms with Gasteiger partial charge < -0.3 is 25.4 Å². The van der Waals surface area contributed by atoms with E-state index < -0.39 is 0 Å². The van der Waals surface area contributed by atoms with Gasteiger partial charge in [-0.25, -0.2) is 0 Å². The Bertz CT molecular complexity index is 637. The fourth-order valence-corrected chi connectivity index (χ4v) is 3.11. The molecule has 0 aliphatic carbocycles. The fraction of sp³-hybridized carbons (Fsp3) is 0.636. The maximum atomic E-state index is 12.1. The van der Waals surface area contributed by atoms with E-state index >= 15 is 0 Å². The molecular weight excluding hydrogens is 495 g/mol. The number of ether oxygens (including phenoxy) is 2. The standard InChI is InChI=1S/C22H36N4O3.HI/c1-3-23-22(25-10-5-13-29-17-19-8-14-28-15-9-19)26-12-11-24-21(27)20-7-4-6-18(2)16-20;/h4,6-7,16,19H,3,5,8-15,17H2,1-2H3,(H,24,27)(H2,23,25,26);1H. The van der Waals surface area contributed by atoms with Gasteiger partial charge in [0.2, 0.25) is 0 Å². The maximum Gasteiger partial charge on any atom is 0.251 e. The molecule has 1 fully saturated rings. The molecule has 3 N–H and O–H groups in total. The van der Waals surface area contributed by atoms with Gasteiger partial charge in [0, 0.05) is 58.2 Å². The maximum absolute atomic E-state index is 12.1. The first-order valence-electron chi connectivity index (χ1n) is 10.7. The fourth-order valence-electron chi connectivity index (χ4n) is 3.11. The highest BCUT2D eigenvalue weighted by Gasteiger charge is 2.13. The van der Waals surface area contributed by atoms with Crippen LogP contribution in [0.15, 0.2) is 29.3 Å². The lowest BCUT2D eigenvalue weighted by atomic mass is 10.0. The van der Waals surface area contributed by atoms with Crippen molar-refractivity contribution in [3.63, 3.8) is 0 Å². The van der Waals surface area contributed by atoms with Crippen LogP contribution >= 0.6 is 24.0 Å². The Morgan fingerprint density at radius 2 is 1.97 bits per heavy atom. The summed E-state index contributed by atoms with van der Waals surface area (Å²) in [6.07, 6.45) is 3.10. The van der Waals surface area contributed by atoms with Gasteiger partial charge in [-0.15, -0.1) is 24.0 Å². The minimum atomic E-state index is -0.0564. The first-order valence-corrected chi connectivity index (χ1v) is 10.7. The van der Waals surface area contributed by atoms with Crippen LogP contribution in [0.1, 0.15) is 42.1 Å². The van der Waals surface area contributed by atoms with Crippen LogP contribution in [-0.2, 0) is 9.47 Å². The third kappa shape index (κ3) is 11.1. The van der Waals surface area contributed by atoms with E-state index in [0.717, 1.165) is 63.8 Å². The molecule has 2 rings (SSSR count). The molecule has 0 aromatic heterocycles. The topological polar surface area (TPSA) is 84.0 Å². The van der Waals surface area contributed by atoms with E-state index in [9.17, 15) is 4.79 Å².